The quantitative estimate of drug-likeness (QED) is 0.741. The Morgan fingerprint density at radius 2 is 1.78 bits per heavy atom. The Balaban J connectivity index is 2.37. The highest BCUT2D eigenvalue weighted by Crippen LogP contribution is 2.33. The van der Waals surface area contributed by atoms with Crippen molar-refractivity contribution in [2.45, 2.75) is 18.8 Å². The maximum atomic E-state index is 14.3. The molecule has 144 valence electrons. The second-order valence-electron chi connectivity index (χ2n) is 5.95. The lowest BCUT2D eigenvalue weighted by Gasteiger charge is -2.29. The Morgan fingerprint density at radius 3 is 2.30 bits per heavy atom. The van der Waals surface area contributed by atoms with E-state index in [1.54, 1.807) is 37.3 Å². The summed E-state index contributed by atoms with van der Waals surface area (Å²) in [6, 6.07) is 11.1. The molecule has 0 saturated heterocycles. The summed E-state index contributed by atoms with van der Waals surface area (Å²) in [6.07, 6.45) is 0.240. The average molecular weight is 375 g/mol. The zero-order valence-electron chi connectivity index (χ0n) is 15.4. The van der Waals surface area contributed by atoms with Crippen LogP contribution in [0, 0.1) is 5.82 Å². The van der Waals surface area contributed by atoms with Crippen LogP contribution < -0.4 is 14.8 Å². The van der Waals surface area contributed by atoms with Crippen molar-refractivity contribution in [1.82, 2.24) is 5.32 Å². The van der Waals surface area contributed by atoms with Crippen LogP contribution in [-0.2, 0) is 10.2 Å². The van der Waals surface area contributed by atoms with Crippen molar-refractivity contribution in [3.63, 3.8) is 0 Å². The summed E-state index contributed by atoms with van der Waals surface area (Å²) in [4.78, 5) is 24.7. The molecule has 2 aromatic rings. The molecule has 0 fully saturated rings. The Labute approximate surface area is 156 Å². The maximum absolute atomic E-state index is 14.3. The molecule has 0 bridgehead atoms. The molecular formula is C20H22FNO5. The van der Waals surface area contributed by atoms with E-state index in [1.165, 1.54) is 20.3 Å². The molecular weight excluding hydrogens is 353 g/mol. The number of amides is 1. The van der Waals surface area contributed by atoms with Gasteiger partial charge < -0.3 is 19.9 Å². The van der Waals surface area contributed by atoms with Crippen molar-refractivity contribution in [3.05, 3.63) is 59.4 Å². The van der Waals surface area contributed by atoms with Gasteiger partial charge in [0.2, 0.25) is 0 Å². The molecule has 0 heterocycles. The molecule has 1 atom stereocenters. The normalized spacial score (nSPS) is 12.7. The maximum Gasteiger partial charge on any atom is 0.315 e. The van der Waals surface area contributed by atoms with Crippen LogP contribution >= 0.6 is 0 Å². The molecule has 27 heavy (non-hydrogen) atoms. The lowest BCUT2D eigenvalue weighted by atomic mass is 9.78. The van der Waals surface area contributed by atoms with E-state index in [-0.39, 0.29) is 30.0 Å². The summed E-state index contributed by atoms with van der Waals surface area (Å²) in [6.45, 7) is 1.52. The average Bonchev–Trinajstić information content (AvgIpc) is 2.68. The van der Waals surface area contributed by atoms with E-state index in [0.29, 0.717) is 5.56 Å². The summed E-state index contributed by atoms with van der Waals surface area (Å²) >= 11 is 0. The number of carboxylic acids is 1. The van der Waals surface area contributed by atoms with Gasteiger partial charge in [0.05, 0.1) is 14.2 Å². The predicted molar refractivity (Wildman–Crippen MR) is 97.9 cm³/mol. The minimum absolute atomic E-state index is 0.0489. The summed E-state index contributed by atoms with van der Waals surface area (Å²) in [7, 11) is 2.67. The van der Waals surface area contributed by atoms with Crippen molar-refractivity contribution in [3.8, 4) is 11.5 Å². The van der Waals surface area contributed by atoms with E-state index in [0.717, 1.165) is 6.07 Å². The van der Waals surface area contributed by atoms with Gasteiger partial charge in [0, 0.05) is 6.54 Å². The van der Waals surface area contributed by atoms with E-state index in [4.69, 9.17) is 9.47 Å². The second-order valence-corrected chi connectivity index (χ2v) is 5.95. The van der Waals surface area contributed by atoms with Crippen molar-refractivity contribution in [2.75, 3.05) is 20.8 Å². The standard InChI is InChI=1S/C20H22FNO5/c1-4-20(19(24)25,13-8-6-5-7-9-13)12-22-18(23)16-14(21)10-11-15(26-2)17(16)27-3/h5-11H,4,12H2,1-3H3,(H,22,23)(H,24,25). The summed E-state index contributed by atoms with van der Waals surface area (Å²) in [5, 5.41) is 12.4. The van der Waals surface area contributed by atoms with Gasteiger partial charge in [-0.25, -0.2) is 4.39 Å². The van der Waals surface area contributed by atoms with Crippen molar-refractivity contribution < 1.29 is 28.6 Å². The third-order valence-electron chi connectivity index (χ3n) is 4.61. The Bertz CT molecular complexity index is 825. The summed E-state index contributed by atoms with van der Waals surface area (Å²) < 4.78 is 24.5. The van der Waals surface area contributed by atoms with Crippen molar-refractivity contribution in [1.29, 1.82) is 0 Å². The number of methoxy groups -OCH3 is 2. The third kappa shape index (κ3) is 3.86. The number of rotatable bonds is 8. The largest absolute Gasteiger partial charge is 0.493 e. The zero-order valence-corrected chi connectivity index (χ0v) is 15.4. The Hall–Kier alpha value is -3.09. The molecule has 1 unspecified atom stereocenters. The minimum atomic E-state index is -1.33. The number of carbonyl (C=O) groups excluding carboxylic acids is 1. The molecule has 0 aromatic heterocycles. The lowest BCUT2D eigenvalue weighted by Crippen LogP contribution is -2.46. The van der Waals surface area contributed by atoms with Gasteiger partial charge >= 0.3 is 5.97 Å². The number of carbonyl (C=O) groups is 2. The van der Waals surface area contributed by atoms with Gasteiger partial charge in [-0.3, -0.25) is 9.59 Å². The number of hydrogen-bond donors (Lipinski definition) is 2. The fourth-order valence-electron chi connectivity index (χ4n) is 2.97. The Morgan fingerprint density at radius 1 is 1.11 bits per heavy atom. The first-order valence-electron chi connectivity index (χ1n) is 8.38. The second kappa shape index (κ2) is 8.53. The van der Waals surface area contributed by atoms with Gasteiger partial charge in [0.1, 0.15) is 16.8 Å². The summed E-state index contributed by atoms with van der Waals surface area (Å²) in [5.74, 6) is -2.49. The molecule has 1 amide bonds. The first kappa shape index (κ1) is 20.2. The third-order valence-corrected chi connectivity index (χ3v) is 4.61. The van der Waals surface area contributed by atoms with Crippen LogP contribution in [-0.4, -0.2) is 37.7 Å². The number of halogens is 1. The fraction of sp³-hybridized carbons (Fsp3) is 0.300. The van der Waals surface area contributed by atoms with Crippen LogP contribution in [0.5, 0.6) is 11.5 Å². The van der Waals surface area contributed by atoms with Crippen LogP contribution in [0.15, 0.2) is 42.5 Å². The van der Waals surface area contributed by atoms with Gasteiger partial charge in [-0.2, -0.15) is 0 Å². The number of benzene rings is 2. The van der Waals surface area contributed by atoms with Crippen LogP contribution in [0.1, 0.15) is 29.3 Å². The predicted octanol–water partition coefficient (Wildman–Crippen LogP) is 3.01. The van der Waals surface area contributed by atoms with Crippen LogP contribution in [0.4, 0.5) is 4.39 Å². The molecule has 0 saturated carbocycles. The van der Waals surface area contributed by atoms with Crippen molar-refractivity contribution >= 4 is 11.9 Å². The molecule has 6 nitrogen and oxygen atoms in total. The first-order chi connectivity index (χ1) is 12.9. The lowest BCUT2D eigenvalue weighted by molar-refractivity contribution is -0.143. The molecule has 0 aliphatic heterocycles. The van der Waals surface area contributed by atoms with E-state index >= 15 is 0 Å². The van der Waals surface area contributed by atoms with E-state index < -0.39 is 23.1 Å². The van der Waals surface area contributed by atoms with Crippen LogP contribution in [0.2, 0.25) is 0 Å². The molecule has 0 radical (unpaired) electrons. The zero-order chi connectivity index (χ0) is 20.0. The highest BCUT2D eigenvalue weighted by Gasteiger charge is 2.39. The topological polar surface area (TPSA) is 84.9 Å². The van der Waals surface area contributed by atoms with Gasteiger partial charge in [0.25, 0.3) is 5.91 Å². The number of carboxylic acid groups (broad SMARTS) is 1. The van der Waals surface area contributed by atoms with E-state index in [9.17, 15) is 19.1 Å². The first-order valence-corrected chi connectivity index (χ1v) is 8.38. The number of aliphatic carboxylic acids is 1. The molecule has 2 rings (SSSR count). The number of nitrogens with one attached hydrogen (secondary N) is 1. The molecule has 0 aliphatic carbocycles. The monoisotopic (exact) mass is 375 g/mol. The van der Waals surface area contributed by atoms with Gasteiger partial charge in [-0.1, -0.05) is 37.3 Å². The number of ether oxygens (including phenoxy) is 2. The highest BCUT2D eigenvalue weighted by atomic mass is 19.1. The van der Waals surface area contributed by atoms with E-state index in [1.807, 2.05) is 0 Å². The van der Waals surface area contributed by atoms with Crippen LogP contribution in [0.3, 0.4) is 0 Å². The molecule has 7 heteroatoms. The molecule has 2 aromatic carbocycles. The van der Waals surface area contributed by atoms with Crippen LogP contribution in [0.25, 0.3) is 0 Å². The minimum Gasteiger partial charge on any atom is -0.493 e. The number of hydrogen-bond acceptors (Lipinski definition) is 4. The molecule has 2 N–H and O–H groups in total. The van der Waals surface area contributed by atoms with Gasteiger partial charge in [-0.15, -0.1) is 0 Å². The molecule has 0 aliphatic rings. The molecule has 0 spiro atoms. The smallest absolute Gasteiger partial charge is 0.315 e. The SMILES string of the molecule is CCC(CNC(=O)c1c(F)ccc(OC)c1OC)(C(=O)O)c1ccccc1. The Kier molecular flexibility index (Phi) is 6.39. The van der Waals surface area contributed by atoms with Crippen molar-refractivity contribution in [2.24, 2.45) is 0 Å². The van der Waals surface area contributed by atoms with Gasteiger partial charge in [-0.05, 0) is 24.1 Å². The van der Waals surface area contributed by atoms with E-state index in [2.05, 4.69) is 5.32 Å². The van der Waals surface area contributed by atoms with Gasteiger partial charge in [0.15, 0.2) is 11.5 Å². The highest BCUT2D eigenvalue weighted by molar-refractivity contribution is 5.98. The summed E-state index contributed by atoms with van der Waals surface area (Å²) in [5.41, 5.74) is -1.11. The fourth-order valence-corrected chi connectivity index (χ4v) is 2.97.